The van der Waals surface area contributed by atoms with Gasteiger partial charge in [0.1, 0.15) is 0 Å². The van der Waals surface area contributed by atoms with Crippen molar-refractivity contribution in [3.63, 3.8) is 0 Å². The molecule has 1 saturated heterocycles. The van der Waals surface area contributed by atoms with Crippen LogP contribution in [-0.2, 0) is 11.3 Å². The summed E-state index contributed by atoms with van der Waals surface area (Å²) in [6.07, 6.45) is 10.6. The molecule has 0 bridgehead atoms. The zero-order chi connectivity index (χ0) is 16.5. The van der Waals surface area contributed by atoms with Crippen LogP contribution in [0.5, 0.6) is 0 Å². The lowest BCUT2D eigenvalue weighted by molar-refractivity contribution is -0.136. The minimum atomic E-state index is 0.0800. The van der Waals surface area contributed by atoms with Crippen LogP contribution in [0.1, 0.15) is 63.0 Å². The summed E-state index contributed by atoms with van der Waals surface area (Å²) < 4.78 is 1.75. The molecule has 3 aliphatic rings. The molecule has 3 fully saturated rings. The third-order valence-corrected chi connectivity index (χ3v) is 5.98. The molecule has 4 rings (SSSR count). The number of nitrogens with zero attached hydrogens (tertiary/aromatic N) is 3. The van der Waals surface area contributed by atoms with E-state index >= 15 is 0 Å². The summed E-state index contributed by atoms with van der Waals surface area (Å²) in [6.45, 7) is 2.44. The first-order valence-electron chi connectivity index (χ1n) is 9.56. The van der Waals surface area contributed by atoms with E-state index in [4.69, 9.17) is 0 Å². The predicted octanol–water partition coefficient (Wildman–Crippen LogP) is 2.55. The van der Waals surface area contributed by atoms with E-state index in [1.807, 2.05) is 0 Å². The van der Waals surface area contributed by atoms with Gasteiger partial charge in [0.25, 0.3) is 5.56 Å². The summed E-state index contributed by atoms with van der Waals surface area (Å²) in [6, 6.07) is 1.72. The molecule has 5 nitrogen and oxygen atoms in total. The summed E-state index contributed by atoms with van der Waals surface area (Å²) in [5, 5.41) is 0. The highest BCUT2D eigenvalue weighted by molar-refractivity contribution is 5.79. The van der Waals surface area contributed by atoms with Gasteiger partial charge in [-0.05, 0) is 44.4 Å². The zero-order valence-corrected chi connectivity index (χ0v) is 14.3. The minimum absolute atomic E-state index is 0.0800. The molecule has 0 spiro atoms. The third-order valence-electron chi connectivity index (χ3n) is 5.98. The molecular formula is C19H27N3O2. The summed E-state index contributed by atoms with van der Waals surface area (Å²) in [4.78, 5) is 31.3. The van der Waals surface area contributed by atoms with Crippen molar-refractivity contribution in [2.24, 2.45) is 11.8 Å². The van der Waals surface area contributed by atoms with E-state index in [9.17, 15) is 9.59 Å². The van der Waals surface area contributed by atoms with Crippen molar-refractivity contribution in [3.8, 4) is 0 Å². The van der Waals surface area contributed by atoms with Gasteiger partial charge >= 0.3 is 0 Å². The number of piperidine rings is 1. The molecular weight excluding hydrogens is 302 g/mol. The second kappa shape index (κ2) is 6.69. The monoisotopic (exact) mass is 329 g/mol. The van der Waals surface area contributed by atoms with Crippen LogP contribution < -0.4 is 5.56 Å². The van der Waals surface area contributed by atoms with Gasteiger partial charge in [0, 0.05) is 37.5 Å². The van der Waals surface area contributed by atoms with Crippen molar-refractivity contribution in [1.82, 2.24) is 14.5 Å². The van der Waals surface area contributed by atoms with Crippen molar-refractivity contribution in [2.75, 3.05) is 13.1 Å². The molecule has 1 aromatic heterocycles. The lowest BCUT2D eigenvalue weighted by atomic mass is 9.95. The molecule has 2 saturated carbocycles. The number of hydrogen-bond donors (Lipinski definition) is 0. The highest BCUT2D eigenvalue weighted by Gasteiger charge is 2.30. The number of aromatic nitrogens is 2. The van der Waals surface area contributed by atoms with E-state index in [0.717, 1.165) is 51.0 Å². The zero-order valence-electron chi connectivity index (χ0n) is 14.3. The van der Waals surface area contributed by atoms with Gasteiger partial charge in [-0.15, -0.1) is 0 Å². The first-order chi connectivity index (χ1) is 11.7. The maximum atomic E-state index is 12.5. The van der Waals surface area contributed by atoms with Gasteiger partial charge in [-0.1, -0.05) is 12.8 Å². The van der Waals surface area contributed by atoms with Crippen molar-refractivity contribution in [3.05, 3.63) is 28.4 Å². The molecule has 1 aromatic rings. The highest BCUT2D eigenvalue weighted by atomic mass is 16.2. The van der Waals surface area contributed by atoms with E-state index in [2.05, 4.69) is 9.88 Å². The second-order valence-electron chi connectivity index (χ2n) is 7.83. The minimum Gasteiger partial charge on any atom is -0.342 e. The Morgan fingerprint density at radius 3 is 2.42 bits per heavy atom. The van der Waals surface area contributed by atoms with Gasteiger partial charge in [-0.3, -0.25) is 14.2 Å². The first-order valence-corrected chi connectivity index (χ1v) is 9.56. The maximum Gasteiger partial charge on any atom is 0.253 e. The van der Waals surface area contributed by atoms with E-state index < -0.39 is 0 Å². The molecule has 130 valence electrons. The Hall–Kier alpha value is -1.65. The molecule has 0 aromatic carbocycles. The van der Waals surface area contributed by atoms with E-state index in [1.165, 1.54) is 25.7 Å². The van der Waals surface area contributed by atoms with Crippen LogP contribution in [0.4, 0.5) is 0 Å². The third kappa shape index (κ3) is 3.40. The number of likely N-dealkylation sites (tertiary alicyclic amines) is 1. The lowest BCUT2D eigenvalue weighted by Crippen LogP contribution is -2.42. The molecule has 1 aliphatic heterocycles. The van der Waals surface area contributed by atoms with Crippen molar-refractivity contribution >= 4 is 5.91 Å². The topological polar surface area (TPSA) is 55.2 Å². The fraction of sp³-hybridized carbons (Fsp3) is 0.737. The van der Waals surface area contributed by atoms with E-state index in [1.54, 1.807) is 17.0 Å². The number of hydrogen-bond acceptors (Lipinski definition) is 3. The van der Waals surface area contributed by atoms with Gasteiger partial charge in [0.2, 0.25) is 5.91 Å². The van der Waals surface area contributed by atoms with Gasteiger partial charge in [0.05, 0.1) is 12.0 Å². The normalized spacial score (nSPS) is 22.9. The van der Waals surface area contributed by atoms with Gasteiger partial charge in [-0.2, -0.15) is 0 Å². The Morgan fingerprint density at radius 1 is 1.08 bits per heavy atom. The van der Waals surface area contributed by atoms with Crippen molar-refractivity contribution in [2.45, 2.75) is 63.8 Å². The second-order valence-corrected chi connectivity index (χ2v) is 7.83. The molecule has 1 amide bonds. The Kier molecular flexibility index (Phi) is 4.42. The fourth-order valence-corrected chi connectivity index (χ4v) is 4.22. The smallest absolute Gasteiger partial charge is 0.253 e. The standard InChI is InChI=1S/C19H27N3O2/c23-18-11-17(15-5-6-15)20-13-22(18)12-14-7-9-21(10-8-14)19(24)16-3-1-2-4-16/h11,13-16H,1-10,12H2. The van der Waals surface area contributed by atoms with Crippen LogP contribution in [0.15, 0.2) is 17.2 Å². The SMILES string of the molecule is O=C(C1CCCC1)N1CCC(Cn2cnc(C3CC3)cc2=O)CC1. The fourth-order valence-electron chi connectivity index (χ4n) is 4.22. The summed E-state index contributed by atoms with van der Waals surface area (Å²) >= 11 is 0. The highest BCUT2D eigenvalue weighted by Crippen LogP contribution is 2.38. The van der Waals surface area contributed by atoms with E-state index in [0.29, 0.717) is 17.7 Å². The molecule has 2 heterocycles. The van der Waals surface area contributed by atoms with Crippen LogP contribution in [-0.4, -0.2) is 33.4 Å². The number of carbonyl (C=O) groups excluding carboxylic acids is 1. The first kappa shape index (κ1) is 15.9. The Bertz CT molecular complexity index is 651. The van der Waals surface area contributed by atoms with Crippen LogP contribution in [0.2, 0.25) is 0 Å². The summed E-state index contributed by atoms with van der Waals surface area (Å²) in [5.74, 6) is 1.66. The number of amides is 1. The molecule has 24 heavy (non-hydrogen) atoms. The van der Waals surface area contributed by atoms with E-state index in [-0.39, 0.29) is 11.5 Å². The quantitative estimate of drug-likeness (QED) is 0.853. The Morgan fingerprint density at radius 2 is 1.79 bits per heavy atom. The Balaban J connectivity index is 1.31. The molecule has 5 heteroatoms. The average Bonchev–Trinajstić information content (AvgIpc) is 3.31. The lowest BCUT2D eigenvalue weighted by Gasteiger charge is -2.33. The predicted molar refractivity (Wildman–Crippen MR) is 91.7 cm³/mol. The molecule has 2 aliphatic carbocycles. The van der Waals surface area contributed by atoms with Crippen LogP contribution >= 0.6 is 0 Å². The van der Waals surface area contributed by atoms with Crippen LogP contribution in [0, 0.1) is 11.8 Å². The maximum absolute atomic E-state index is 12.5. The number of carbonyl (C=O) groups is 1. The Labute approximate surface area is 143 Å². The van der Waals surface area contributed by atoms with Crippen molar-refractivity contribution in [1.29, 1.82) is 0 Å². The molecule has 0 N–H and O–H groups in total. The van der Waals surface area contributed by atoms with Crippen molar-refractivity contribution < 1.29 is 4.79 Å². The molecule has 0 unspecified atom stereocenters. The summed E-state index contributed by atoms with van der Waals surface area (Å²) in [5.41, 5.74) is 1.05. The van der Waals surface area contributed by atoms with Crippen LogP contribution in [0.25, 0.3) is 0 Å². The van der Waals surface area contributed by atoms with Gasteiger partial charge < -0.3 is 4.90 Å². The molecule has 0 atom stereocenters. The number of rotatable bonds is 4. The van der Waals surface area contributed by atoms with Gasteiger partial charge in [0.15, 0.2) is 0 Å². The van der Waals surface area contributed by atoms with Gasteiger partial charge in [-0.25, -0.2) is 4.98 Å². The average molecular weight is 329 g/mol. The van der Waals surface area contributed by atoms with Crippen LogP contribution in [0.3, 0.4) is 0 Å². The molecule has 0 radical (unpaired) electrons. The largest absolute Gasteiger partial charge is 0.342 e. The summed E-state index contributed by atoms with van der Waals surface area (Å²) in [7, 11) is 0.